The summed E-state index contributed by atoms with van der Waals surface area (Å²) in [7, 11) is 0. The summed E-state index contributed by atoms with van der Waals surface area (Å²) < 4.78 is 0. The van der Waals surface area contributed by atoms with Crippen LogP contribution in [0.2, 0.25) is 0 Å². The predicted molar refractivity (Wildman–Crippen MR) is 25.6 cm³/mol. The molecule has 0 saturated carbocycles. The summed E-state index contributed by atoms with van der Waals surface area (Å²) in [4.78, 5) is 0. The monoisotopic (exact) mass is 352 g/mol. The third kappa shape index (κ3) is 1.20. The average molecular weight is 352 g/mol. The number of nitrogens with one attached hydrogen (secondary N) is 2. The summed E-state index contributed by atoms with van der Waals surface area (Å²) in [5.41, 5.74) is 7.07. The van der Waals surface area contributed by atoms with E-state index in [4.69, 9.17) is 5.73 Å². The summed E-state index contributed by atoms with van der Waals surface area (Å²) in [5, 5.41) is 3.08. The topological polar surface area (TPSA) is 35.8 Å². The minimum Gasteiger partial charge on any atom is -0.674 e. The Bertz CT molecular complexity index is 43.0. The van der Waals surface area contributed by atoms with Crippen molar-refractivity contribution in [3.05, 3.63) is 5.73 Å². The Morgan fingerprint density at radius 1 is 1.57 bits per heavy atom. The first kappa shape index (κ1) is 5.92. The second-order valence-electron chi connectivity index (χ2n) is 1.69. The molecule has 7 heavy (non-hydrogen) atoms. The van der Waals surface area contributed by atoms with Crippen molar-refractivity contribution in [2.75, 3.05) is 13.1 Å². The molecule has 2 nitrogen and oxygen atoms in total. The van der Waals surface area contributed by atoms with Crippen molar-refractivity contribution in [1.29, 1.82) is 0 Å². The summed E-state index contributed by atoms with van der Waals surface area (Å²) >= 11 is 0. The van der Waals surface area contributed by atoms with Crippen LogP contribution in [0.5, 0.6) is 0 Å². The van der Waals surface area contributed by atoms with Gasteiger partial charge in [0.05, 0.1) is 0 Å². The van der Waals surface area contributed by atoms with Crippen LogP contribution in [0.4, 0.5) is 0 Å². The number of hydrogen-bond acceptors (Lipinski definition) is 1. The molecule has 1 unspecified atom stereocenters. The minimum absolute atomic E-state index is 0. The Kier molecular flexibility index (Phi) is 1.82. The van der Waals surface area contributed by atoms with Crippen LogP contribution in [-0.4, -0.2) is 19.1 Å². The molecule has 2 N–H and O–H groups in total. The zero-order valence-electron chi connectivity index (χ0n) is 4.41. The molecule has 1 aliphatic heterocycles. The van der Waals surface area contributed by atoms with Gasteiger partial charge in [-0.15, -0.1) is 6.04 Å². The fourth-order valence-electron chi connectivity index (χ4n) is 0.655. The van der Waals surface area contributed by atoms with Crippen molar-refractivity contribution in [3.63, 3.8) is 0 Å². The maximum atomic E-state index is 7.07. The predicted octanol–water partition coefficient (Wildman–Crippen LogP) is 0.400. The summed E-state index contributed by atoms with van der Waals surface area (Å²) in [6.07, 6.45) is 1.04. The van der Waals surface area contributed by atoms with Gasteiger partial charge in [0.15, 0.2) is 0 Å². The van der Waals surface area contributed by atoms with Gasteiger partial charge in [-0.25, -0.2) is 0 Å². The van der Waals surface area contributed by atoms with E-state index < -0.39 is 0 Å². The van der Waals surface area contributed by atoms with Crippen LogP contribution in [0.15, 0.2) is 0 Å². The number of rotatable bonds is 0. The third-order valence-corrected chi connectivity index (χ3v) is 1.06. The maximum absolute atomic E-state index is 7.07. The summed E-state index contributed by atoms with van der Waals surface area (Å²) in [6.45, 7) is 1.95. The van der Waals surface area contributed by atoms with Gasteiger partial charge in [-0.3, -0.25) is 0 Å². The van der Waals surface area contributed by atoms with E-state index in [1.807, 2.05) is 0 Å². The smallest absolute Gasteiger partial charge is 0 e. The van der Waals surface area contributed by atoms with E-state index >= 15 is 0 Å². The molecule has 0 spiro atoms. The second-order valence-corrected chi connectivity index (χ2v) is 1.69. The molecule has 0 aromatic heterocycles. The molecular formula is C4H9N2Rf-. The van der Waals surface area contributed by atoms with Gasteiger partial charge in [0.25, 0.3) is 0 Å². The van der Waals surface area contributed by atoms with Crippen LogP contribution in [0.25, 0.3) is 5.73 Å². The van der Waals surface area contributed by atoms with E-state index in [0.29, 0.717) is 0 Å². The van der Waals surface area contributed by atoms with E-state index in [9.17, 15) is 0 Å². The maximum Gasteiger partial charge on any atom is 0 e. The normalized spacial score (nSPS) is 29.6. The van der Waals surface area contributed by atoms with E-state index in [1.165, 1.54) is 0 Å². The zero-order chi connectivity index (χ0) is 4.41. The van der Waals surface area contributed by atoms with Crippen molar-refractivity contribution in [2.45, 2.75) is 12.5 Å². The summed E-state index contributed by atoms with van der Waals surface area (Å²) in [6, 6.07) is 0.185. The van der Waals surface area contributed by atoms with Crippen LogP contribution in [0.3, 0.4) is 0 Å². The average Bonchev–Trinajstić information content (AvgIpc) is 1.86. The van der Waals surface area contributed by atoms with Gasteiger partial charge < -0.3 is 11.1 Å². The molecule has 0 amide bonds. The van der Waals surface area contributed by atoms with Crippen molar-refractivity contribution in [1.82, 2.24) is 5.32 Å². The summed E-state index contributed by atoms with van der Waals surface area (Å²) in [5.74, 6) is 0. The second kappa shape index (κ2) is 2.16. The van der Waals surface area contributed by atoms with Crippen molar-refractivity contribution in [3.8, 4) is 0 Å². The molecule has 0 bridgehead atoms. The SMILES string of the molecule is [NH-]C1CCNC1.[Rf]. The Morgan fingerprint density at radius 2 is 2.29 bits per heavy atom. The van der Waals surface area contributed by atoms with Crippen molar-refractivity contribution >= 4 is 0 Å². The largest absolute Gasteiger partial charge is 0.674 e. The molecule has 1 aliphatic rings. The molecule has 1 saturated heterocycles. The minimum atomic E-state index is 0. The Labute approximate surface area is 37.7 Å². The van der Waals surface area contributed by atoms with Gasteiger partial charge in [0.1, 0.15) is 0 Å². The molecule has 3 heteroatoms. The molecule has 0 radical (unpaired) electrons. The first-order chi connectivity index (χ1) is 2.89. The van der Waals surface area contributed by atoms with Gasteiger partial charge in [0.2, 0.25) is 0 Å². The standard InChI is InChI=1S/C4H9N2.Rf/c5-4-1-2-6-3-4;/h4-6H,1-3H2;/q-1;. The fraction of sp³-hybridized carbons (Fsp3) is 1.00. The molecule has 1 rings (SSSR count). The van der Waals surface area contributed by atoms with Gasteiger partial charge in [0, 0.05) is 0 Å². The molecule has 38 valence electrons. The van der Waals surface area contributed by atoms with Gasteiger partial charge in [-0.1, -0.05) is 6.42 Å². The van der Waals surface area contributed by atoms with Crippen LogP contribution < -0.4 is 5.32 Å². The molecule has 0 aromatic carbocycles. The fourth-order valence-corrected chi connectivity index (χ4v) is 0.655. The Hall–Kier alpha value is -1.08. The quantitative estimate of drug-likeness (QED) is 0.673. The van der Waals surface area contributed by atoms with Gasteiger partial charge in [-0.05, 0) is 13.1 Å². The van der Waals surface area contributed by atoms with Gasteiger partial charge in [-0.2, -0.15) is 0 Å². The Morgan fingerprint density at radius 3 is 2.43 bits per heavy atom. The molecule has 1 heterocycles. The van der Waals surface area contributed by atoms with Gasteiger partial charge >= 0.3 is 0 Å². The van der Waals surface area contributed by atoms with E-state index in [0.717, 1.165) is 19.5 Å². The molecule has 0 aromatic rings. The van der Waals surface area contributed by atoms with E-state index in [2.05, 4.69) is 5.32 Å². The first-order valence-electron chi connectivity index (χ1n) is 2.31. The molecular weight excluding hydrogens is 343 g/mol. The van der Waals surface area contributed by atoms with Crippen LogP contribution in [-0.2, 0) is 0 Å². The Balaban J connectivity index is 0.000000360. The first-order valence-corrected chi connectivity index (χ1v) is 2.31. The van der Waals surface area contributed by atoms with Crippen molar-refractivity contribution < 1.29 is 0 Å². The zero-order valence-corrected chi connectivity index (χ0v) is 10.8. The van der Waals surface area contributed by atoms with Crippen LogP contribution in [0, 0.1) is 0 Å². The van der Waals surface area contributed by atoms with E-state index in [1.54, 1.807) is 0 Å². The van der Waals surface area contributed by atoms with E-state index in [-0.39, 0.29) is 6.04 Å². The van der Waals surface area contributed by atoms with Crippen LogP contribution in [0.1, 0.15) is 6.42 Å². The van der Waals surface area contributed by atoms with Crippen molar-refractivity contribution in [2.24, 2.45) is 0 Å². The molecule has 1 fully saturated rings. The molecule has 1 atom stereocenters. The number of hydrogen-bond donors (Lipinski definition) is 1. The third-order valence-electron chi connectivity index (χ3n) is 1.06. The molecule has 0 aliphatic carbocycles. The van der Waals surface area contributed by atoms with Crippen LogP contribution >= 0.6 is 0 Å².